The highest BCUT2D eigenvalue weighted by molar-refractivity contribution is 6.07. The predicted octanol–water partition coefficient (Wildman–Crippen LogP) is 2.25. The zero-order chi connectivity index (χ0) is 11.4. The van der Waals surface area contributed by atoms with Crippen molar-refractivity contribution in [1.82, 2.24) is 0 Å². The lowest BCUT2D eigenvalue weighted by molar-refractivity contribution is 1.41. The molecule has 0 saturated carbocycles. The van der Waals surface area contributed by atoms with E-state index in [4.69, 9.17) is 5.41 Å². The SMILES string of the molecule is C=C(C)C(C=N)=c1ccccc1=C(C)C. The molecule has 78 valence electrons. The topological polar surface area (TPSA) is 23.9 Å². The first-order valence-corrected chi connectivity index (χ1v) is 5.01. The molecule has 1 heteroatoms. The Hall–Kier alpha value is -1.63. The molecule has 0 spiro atoms. The van der Waals surface area contributed by atoms with Gasteiger partial charge in [0.2, 0.25) is 0 Å². The van der Waals surface area contributed by atoms with E-state index in [1.807, 2.05) is 25.1 Å². The number of hydrogen-bond acceptors (Lipinski definition) is 1. The van der Waals surface area contributed by atoms with Crippen molar-refractivity contribution in [2.45, 2.75) is 20.8 Å². The maximum atomic E-state index is 7.43. The first-order valence-electron chi connectivity index (χ1n) is 5.01. The van der Waals surface area contributed by atoms with E-state index in [1.54, 1.807) is 0 Å². The quantitative estimate of drug-likeness (QED) is 0.706. The molecule has 0 aliphatic carbocycles. The number of rotatable bonds is 2. The van der Waals surface area contributed by atoms with Crippen LogP contribution in [0, 0.1) is 5.41 Å². The Labute approximate surface area is 91.0 Å². The first kappa shape index (κ1) is 11.4. The van der Waals surface area contributed by atoms with Crippen molar-refractivity contribution in [1.29, 1.82) is 5.41 Å². The van der Waals surface area contributed by atoms with Crippen LogP contribution in [0.15, 0.2) is 36.4 Å². The van der Waals surface area contributed by atoms with Crippen molar-refractivity contribution in [2.75, 3.05) is 0 Å². The molecule has 0 fully saturated rings. The molecule has 0 amide bonds. The molecule has 1 aromatic carbocycles. The molecule has 0 heterocycles. The lowest BCUT2D eigenvalue weighted by atomic mass is 10.0. The minimum Gasteiger partial charge on any atom is -0.308 e. The van der Waals surface area contributed by atoms with Crippen LogP contribution >= 0.6 is 0 Å². The summed E-state index contributed by atoms with van der Waals surface area (Å²) < 4.78 is 0. The van der Waals surface area contributed by atoms with Crippen LogP contribution < -0.4 is 10.4 Å². The maximum absolute atomic E-state index is 7.43. The number of hydrogen-bond donors (Lipinski definition) is 1. The number of nitrogens with one attached hydrogen (secondary N) is 1. The molecule has 15 heavy (non-hydrogen) atoms. The molecule has 0 radical (unpaired) electrons. The lowest BCUT2D eigenvalue weighted by Crippen LogP contribution is -2.28. The fourth-order valence-electron chi connectivity index (χ4n) is 1.58. The van der Waals surface area contributed by atoms with Crippen molar-refractivity contribution in [3.05, 3.63) is 46.9 Å². The molecule has 0 aliphatic rings. The van der Waals surface area contributed by atoms with Crippen molar-refractivity contribution >= 4 is 17.4 Å². The van der Waals surface area contributed by atoms with Crippen LogP contribution in [0.5, 0.6) is 0 Å². The van der Waals surface area contributed by atoms with Gasteiger partial charge >= 0.3 is 0 Å². The van der Waals surface area contributed by atoms with E-state index in [1.165, 1.54) is 17.0 Å². The van der Waals surface area contributed by atoms with Gasteiger partial charge in [0.25, 0.3) is 0 Å². The van der Waals surface area contributed by atoms with E-state index in [9.17, 15) is 0 Å². The molecular formula is C14H17N. The standard InChI is InChI=1S/C14H17N/c1-10(2)12-7-5-6-8-13(12)14(9-15)11(3)4/h5-9,15H,3H2,1-2,4H3. The largest absolute Gasteiger partial charge is 0.308 e. The molecule has 1 nitrogen and oxygen atoms in total. The average Bonchev–Trinajstić information content (AvgIpc) is 2.18. The molecule has 0 saturated heterocycles. The van der Waals surface area contributed by atoms with Gasteiger partial charge in [-0.15, -0.1) is 0 Å². The monoisotopic (exact) mass is 199 g/mol. The summed E-state index contributed by atoms with van der Waals surface area (Å²) in [6.45, 7) is 10.0. The van der Waals surface area contributed by atoms with E-state index < -0.39 is 0 Å². The highest BCUT2D eigenvalue weighted by atomic mass is 14.3. The predicted molar refractivity (Wildman–Crippen MR) is 67.5 cm³/mol. The molecule has 1 N–H and O–H groups in total. The smallest absolute Gasteiger partial charge is 0.0259 e. The Morgan fingerprint density at radius 2 is 1.67 bits per heavy atom. The van der Waals surface area contributed by atoms with Crippen LogP contribution in [0.1, 0.15) is 20.8 Å². The Balaban J connectivity index is 3.85. The normalized spacial score (nSPS) is 11.9. The number of benzene rings is 1. The van der Waals surface area contributed by atoms with E-state index in [-0.39, 0.29) is 0 Å². The van der Waals surface area contributed by atoms with Gasteiger partial charge in [-0.05, 0) is 36.8 Å². The van der Waals surface area contributed by atoms with Crippen LogP contribution in [0.25, 0.3) is 11.1 Å². The second kappa shape index (κ2) is 4.74. The summed E-state index contributed by atoms with van der Waals surface area (Å²) in [6, 6.07) is 8.13. The summed E-state index contributed by atoms with van der Waals surface area (Å²) in [7, 11) is 0. The third-order valence-electron chi connectivity index (χ3n) is 2.36. The highest BCUT2D eigenvalue weighted by Gasteiger charge is 1.97. The zero-order valence-corrected chi connectivity index (χ0v) is 9.59. The Morgan fingerprint density at radius 1 is 1.13 bits per heavy atom. The minimum absolute atomic E-state index is 0.909. The Bertz CT molecular complexity index is 502. The van der Waals surface area contributed by atoms with Gasteiger partial charge in [0.15, 0.2) is 0 Å². The highest BCUT2D eigenvalue weighted by Crippen LogP contribution is 2.01. The average molecular weight is 199 g/mol. The summed E-state index contributed by atoms with van der Waals surface area (Å²) in [5.74, 6) is 0. The van der Waals surface area contributed by atoms with Crippen molar-refractivity contribution in [3.63, 3.8) is 0 Å². The Kier molecular flexibility index (Phi) is 3.62. The summed E-state index contributed by atoms with van der Waals surface area (Å²) in [4.78, 5) is 0. The van der Waals surface area contributed by atoms with Gasteiger partial charge in [-0.25, -0.2) is 0 Å². The zero-order valence-electron chi connectivity index (χ0n) is 9.59. The van der Waals surface area contributed by atoms with Crippen LogP contribution in [0.2, 0.25) is 0 Å². The summed E-state index contributed by atoms with van der Waals surface area (Å²) in [5, 5.41) is 9.72. The van der Waals surface area contributed by atoms with Gasteiger partial charge in [-0.3, -0.25) is 0 Å². The minimum atomic E-state index is 0.909. The lowest BCUT2D eigenvalue weighted by Gasteiger charge is -2.01. The number of allylic oxidation sites excluding steroid dienone is 1. The Morgan fingerprint density at radius 3 is 2.07 bits per heavy atom. The first-order chi connectivity index (χ1) is 7.07. The molecule has 0 unspecified atom stereocenters. The van der Waals surface area contributed by atoms with E-state index in [0.717, 1.165) is 16.4 Å². The fourth-order valence-corrected chi connectivity index (χ4v) is 1.58. The summed E-state index contributed by atoms with van der Waals surface area (Å²) in [5.41, 5.74) is 3.09. The van der Waals surface area contributed by atoms with Gasteiger partial charge in [0.1, 0.15) is 0 Å². The summed E-state index contributed by atoms with van der Waals surface area (Å²) in [6.07, 6.45) is 1.38. The molecule has 0 atom stereocenters. The van der Waals surface area contributed by atoms with Gasteiger partial charge in [0.05, 0.1) is 0 Å². The molecular weight excluding hydrogens is 182 g/mol. The van der Waals surface area contributed by atoms with E-state index in [2.05, 4.69) is 26.5 Å². The second-order valence-corrected chi connectivity index (χ2v) is 3.88. The second-order valence-electron chi connectivity index (χ2n) is 3.88. The molecule has 0 aliphatic heterocycles. The van der Waals surface area contributed by atoms with Crippen LogP contribution in [-0.4, -0.2) is 6.21 Å². The van der Waals surface area contributed by atoms with E-state index in [0.29, 0.717) is 0 Å². The summed E-state index contributed by atoms with van der Waals surface area (Å²) >= 11 is 0. The van der Waals surface area contributed by atoms with Crippen molar-refractivity contribution in [2.24, 2.45) is 0 Å². The molecule has 1 rings (SSSR count). The van der Waals surface area contributed by atoms with Gasteiger partial charge in [-0.1, -0.05) is 36.4 Å². The van der Waals surface area contributed by atoms with Crippen LogP contribution in [-0.2, 0) is 0 Å². The van der Waals surface area contributed by atoms with Gasteiger partial charge in [0, 0.05) is 11.8 Å². The third kappa shape index (κ3) is 2.44. The maximum Gasteiger partial charge on any atom is 0.0259 e. The van der Waals surface area contributed by atoms with Crippen molar-refractivity contribution in [3.8, 4) is 0 Å². The van der Waals surface area contributed by atoms with Crippen molar-refractivity contribution < 1.29 is 0 Å². The molecule has 0 bridgehead atoms. The third-order valence-corrected chi connectivity index (χ3v) is 2.36. The van der Waals surface area contributed by atoms with E-state index >= 15 is 0 Å². The van der Waals surface area contributed by atoms with Gasteiger partial charge in [-0.2, -0.15) is 0 Å². The van der Waals surface area contributed by atoms with Crippen LogP contribution in [0.4, 0.5) is 0 Å². The van der Waals surface area contributed by atoms with Crippen LogP contribution in [0.3, 0.4) is 0 Å². The molecule has 0 aromatic heterocycles. The van der Waals surface area contributed by atoms with Gasteiger partial charge < -0.3 is 5.41 Å². The molecule has 1 aromatic rings. The fraction of sp³-hybridized carbons (Fsp3) is 0.214.